The topological polar surface area (TPSA) is 20.2 Å². The maximum absolute atomic E-state index is 9.33. The molecule has 148 valence electrons. The van der Waals surface area contributed by atoms with E-state index in [9.17, 15) is 5.11 Å². The molecule has 0 aliphatic rings. The minimum absolute atomic E-state index is 0.0443. The van der Waals surface area contributed by atoms with Crippen LogP contribution in [-0.2, 0) is 0 Å². The van der Waals surface area contributed by atoms with Gasteiger partial charge >= 0.3 is 0 Å². The molecule has 0 radical (unpaired) electrons. The van der Waals surface area contributed by atoms with Crippen LogP contribution in [0, 0.1) is 11.8 Å². The van der Waals surface area contributed by atoms with E-state index in [4.69, 9.17) is 0 Å². The summed E-state index contributed by atoms with van der Waals surface area (Å²) in [6.45, 7) is 28.8. The molecule has 2 unspecified atom stereocenters. The fourth-order valence-electron chi connectivity index (χ4n) is 2.21. The van der Waals surface area contributed by atoms with Crippen molar-refractivity contribution in [2.75, 3.05) is 0 Å². The van der Waals surface area contributed by atoms with Gasteiger partial charge in [-0.15, -0.1) is 0 Å². The van der Waals surface area contributed by atoms with Crippen molar-refractivity contribution in [3.8, 4) is 0 Å². The number of allylic oxidation sites excluding steroid dienone is 7. The van der Waals surface area contributed by atoms with E-state index in [1.807, 2.05) is 19.1 Å². The van der Waals surface area contributed by atoms with E-state index in [1.165, 1.54) is 19.3 Å². The zero-order valence-electron chi connectivity index (χ0n) is 18.2. The molecular weight excluding hydrogens is 316 g/mol. The van der Waals surface area contributed by atoms with Gasteiger partial charge in [0.1, 0.15) is 5.76 Å². The molecular formula is C25H42O. The third kappa shape index (κ3) is 12.6. The van der Waals surface area contributed by atoms with Crippen LogP contribution in [0.15, 0.2) is 72.6 Å². The number of hydrogen-bond acceptors (Lipinski definition) is 1. The fourth-order valence-corrected chi connectivity index (χ4v) is 2.21. The molecule has 0 spiro atoms. The Morgan fingerprint density at radius 3 is 1.88 bits per heavy atom. The fraction of sp³-hybridized carbons (Fsp3) is 0.520. The first kappa shape index (κ1) is 26.5. The van der Waals surface area contributed by atoms with Crippen LogP contribution in [0.5, 0.6) is 0 Å². The minimum Gasteiger partial charge on any atom is -0.509 e. The van der Waals surface area contributed by atoms with Crippen molar-refractivity contribution in [3.05, 3.63) is 72.6 Å². The average Bonchev–Trinajstić information content (AvgIpc) is 2.61. The maximum Gasteiger partial charge on any atom is 0.108 e. The molecule has 0 heterocycles. The number of hydrogen-bond donors (Lipinski definition) is 1. The molecule has 0 saturated heterocycles. The van der Waals surface area contributed by atoms with Crippen molar-refractivity contribution in [2.24, 2.45) is 11.8 Å². The Bertz CT molecular complexity index is 516. The standard InChI is InChI=1S/C22H34O.C3H8/c1-9-16(3)11-12-17(4)18(5)13-14-19(6)21(8)22(10-2)15-20(7)23;1-3-2/h13-17,23H,5-12H2,1-4H3;3H2,1-2H3/b14-13-,22-15-;. The minimum atomic E-state index is 0.0443. The lowest BCUT2D eigenvalue weighted by Gasteiger charge is -2.15. The molecule has 26 heavy (non-hydrogen) atoms. The van der Waals surface area contributed by atoms with Crippen LogP contribution < -0.4 is 0 Å². The predicted octanol–water partition coefficient (Wildman–Crippen LogP) is 8.50. The molecule has 1 N–H and O–H groups in total. The zero-order valence-corrected chi connectivity index (χ0v) is 18.2. The summed E-state index contributed by atoms with van der Waals surface area (Å²) in [7, 11) is 0. The second kappa shape index (κ2) is 15.5. The molecule has 0 fully saturated rings. The van der Waals surface area contributed by atoms with Crippen molar-refractivity contribution >= 4 is 0 Å². The Labute approximate surface area is 163 Å². The van der Waals surface area contributed by atoms with Crippen LogP contribution in [-0.4, -0.2) is 5.11 Å². The Hall–Kier alpha value is -1.76. The Balaban J connectivity index is 0. The highest BCUT2D eigenvalue weighted by Crippen LogP contribution is 2.24. The summed E-state index contributed by atoms with van der Waals surface area (Å²) in [5.41, 5.74) is 3.74. The van der Waals surface area contributed by atoms with Crippen LogP contribution in [0.1, 0.15) is 73.6 Å². The largest absolute Gasteiger partial charge is 0.509 e. The van der Waals surface area contributed by atoms with Crippen molar-refractivity contribution < 1.29 is 5.11 Å². The van der Waals surface area contributed by atoms with Crippen LogP contribution in [0.3, 0.4) is 0 Å². The second-order valence-corrected chi connectivity index (χ2v) is 7.13. The van der Waals surface area contributed by atoms with Crippen LogP contribution in [0.4, 0.5) is 0 Å². The molecule has 0 amide bonds. The van der Waals surface area contributed by atoms with Gasteiger partial charge in [-0.25, -0.2) is 0 Å². The van der Waals surface area contributed by atoms with Gasteiger partial charge in [0.2, 0.25) is 0 Å². The molecule has 0 aromatic heterocycles. The molecule has 1 nitrogen and oxygen atoms in total. The first-order chi connectivity index (χ1) is 12.1. The highest BCUT2D eigenvalue weighted by atomic mass is 16.3. The van der Waals surface area contributed by atoms with Crippen molar-refractivity contribution in [1.29, 1.82) is 0 Å². The van der Waals surface area contributed by atoms with Gasteiger partial charge in [0, 0.05) is 0 Å². The van der Waals surface area contributed by atoms with Crippen LogP contribution in [0.25, 0.3) is 0 Å². The summed E-state index contributed by atoms with van der Waals surface area (Å²) in [6.07, 6.45) is 11.3. The van der Waals surface area contributed by atoms with E-state index in [2.05, 4.69) is 60.9 Å². The molecule has 0 aromatic rings. The van der Waals surface area contributed by atoms with E-state index >= 15 is 0 Å². The Morgan fingerprint density at radius 1 is 0.923 bits per heavy atom. The monoisotopic (exact) mass is 358 g/mol. The van der Waals surface area contributed by atoms with Gasteiger partial charge in [-0.1, -0.05) is 105 Å². The third-order valence-electron chi connectivity index (χ3n) is 4.42. The average molecular weight is 359 g/mol. The smallest absolute Gasteiger partial charge is 0.108 e. The first-order valence-electron chi connectivity index (χ1n) is 9.98. The molecule has 0 rings (SSSR count). The van der Waals surface area contributed by atoms with Gasteiger partial charge < -0.3 is 5.11 Å². The predicted molar refractivity (Wildman–Crippen MR) is 121 cm³/mol. The molecule has 1 heteroatoms. The highest BCUT2D eigenvalue weighted by Gasteiger charge is 2.08. The summed E-state index contributed by atoms with van der Waals surface area (Å²) in [6, 6.07) is 0. The van der Waals surface area contributed by atoms with E-state index in [1.54, 1.807) is 6.08 Å². The second-order valence-electron chi connectivity index (χ2n) is 7.13. The molecule has 2 atom stereocenters. The summed E-state index contributed by atoms with van der Waals surface area (Å²) >= 11 is 0. The van der Waals surface area contributed by atoms with E-state index in [-0.39, 0.29) is 5.76 Å². The van der Waals surface area contributed by atoms with E-state index in [0.717, 1.165) is 41.1 Å². The Kier molecular flexibility index (Phi) is 15.8. The maximum atomic E-state index is 9.33. The number of aliphatic hydroxyl groups excluding tert-OH is 1. The zero-order chi connectivity index (χ0) is 20.7. The van der Waals surface area contributed by atoms with Crippen LogP contribution >= 0.6 is 0 Å². The summed E-state index contributed by atoms with van der Waals surface area (Å²) in [4.78, 5) is 0. The molecule has 0 aliphatic carbocycles. The lowest BCUT2D eigenvalue weighted by molar-refractivity contribution is 0.434. The SMILES string of the molecule is C=C(O)/C=C(/CC)C(=C)C(=C)/C=C\C(=C)C(C)CCC(C)CC.CCC. The molecule has 0 bridgehead atoms. The lowest BCUT2D eigenvalue weighted by atomic mass is 9.91. The van der Waals surface area contributed by atoms with Gasteiger partial charge in [0.25, 0.3) is 0 Å². The summed E-state index contributed by atoms with van der Waals surface area (Å²) < 4.78 is 0. The number of rotatable bonds is 11. The van der Waals surface area contributed by atoms with Gasteiger partial charge in [-0.2, -0.15) is 0 Å². The van der Waals surface area contributed by atoms with Gasteiger partial charge in [-0.05, 0) is 47.5 Å². The lowest BCUT2D eigenvalue weighted by Crippen LogP contribution is -2.01. The van der Waals surface area contributed by atoms with Gasteiger partial charge in [0.15, 0.2) is 0 Å². The quantitative estimate of drug-likeness (QED) is 0.290. The van der Waals surface area contributed by atoms with E-state index in [0.29, 0.717) is 5.92 Å². The van der Waals surface area contributed by atoms with Crippen LogP contribution in [0.2, 0.25) is 0 Å². The van der Waals surface area contributed by atoms with E-state index < -0.39 is 0 Å². The molecule has 0 saturated carbocycles. The first-order valence-corrected chi connectivity index (χ1v) is 9.98. The van der Waals surface area contributed by atoms with Gasteiger partial charge in [0.05, 0.1) is 0 Å². The highest BCUT2D eigenvalue weighted by molar-refractivity contribution is 5.50. The molecule has 0 aliphatic heterocycles. The normalized spacial score (nSPS) is 13.5. The Morgan fingerprint density at radius 2 is 1.46 bits per heavy atom. The summed E-state index contributed by atoms with van der Waals surface area (Å²) in [5, 5.41) is 9.33. The van der Waals surface area contributed by atoms with Crippen molar-refractivity contribution in [1.82, 2.24) is 0 Å². The third-order valence-corrected chi connectivity index (χ3v) is 4.42. The molecule has 0 aromatic carbocycles. The van der Waals surface area contributed by atoms with Gasteiger partial charge in [-0.3, -0.25) is 0 Å². The van der Waals surface area contributed by atoms with Crippen molar-refractivity contribution in [3.63, 3.8) is 0 Å². The van der Waals surface area contributed by atoms with Crippen molar-refractivity contribution in [2.45, 2.75) is 73.6 Å². The summed E-state index contributed by atoms with van der Waals surface area (Å²) in [5.74, 6) is 1.29. The number of aliphatic hydroxyl groups is 1.